The molecule has 2 aliphatic rings. The largest absolute Gasteiger partial charge is 0.378 e. The van der Waals surface area contributed by atoms with Crippen molar-refractivity contribution in [3.05, 3.63) is 53.6 Å². The van der Waals surface area contributed by atoms with E-state index in [2.05, 4.69) is 9.97 Å². The van der Waals surface area contributed by atoms with Gasteiger partial charge >= 0.3 is 0 Å². The highest BCUT2D eigenvalue weighted by atomic mass is 32.2. The molecule has 2 atom stereocenters. The van der Waals surface area contributed by atoms with Crippen molar-refractivity contribution in [2.45, 2.75) is 32.0 Å². The van der Waals surface area contributed by atoms with E-state index in [-0.39, 0.29) is 23.2 Å². The maximum Gasteiger partial charge on any atom is 0.225 e. The number of nitrogens with zero attached hydrogens (tertiary/aromatic N) is 4. The van der Waals surface area contributed by atoms with Gasteiger partial charge in [-0.1, -0.05) is 18.2 Å². The number of hydrogen-bond donors (Lipinski definition) is 1. The summed E-state index contributed by atoms with van der Waals surface area (Å²) in [5.41, 5.74) is 1.47. The molecule has 2 fully saturated rings. The lowest BCUT2D eigenvalue weighted by atomic mass is 9.95. The van der Waals surface area contributed by atoms with Crippen LogP contribution in [0.15, 0.2) is 36.7 Å². The number of aromatic nitrogens is 2. The van der Waals surface area contributed by atoms with Gasteiger partial charge in [0.05, 0.1) is 17.5 Å². The van der Waals surface area contributed by atoms with Crippen molar-refractivity contribution in [3.63, 3.8) is 0 Å². The van der Waals surface area contributed by atoms with Gasteiger partial charge in [0.25, 0.3) is 0 Å². The number of piperazine rings is 1. The number of aryl methyl sites for hydroxylation is 1. The summed E-state index contributed by atoms with van der Waals surface area (Å²) in [4.78, 5) is 12.7. The summed E-state index contributed by atoms with van der Waals surface area (Å²) in [6.07, 6.45) is 3.53. The molecule has 2 unspecified atom stereocenters. The van der Waals surface area contributed by atoms with Crippen LogP contribution in [0, 0.1) is 18.7 Å². The average molecular weight is 435 g/mol. The van der Waals surface area contributed by atoms with Crippen LogP contribution in [0.1, 0.15) is 30.0 Å². The third kappa shape index (κ3) is 4.48. The first kappa shape index (κ1) is 21.1. The lowest BCUT2D eigenvalue weighted by Crippen LogP contribution is -2.55. The number of anilines is 1. The van der Waals surface area contributed by atoms with E-state index in [9.17, 15) is 17.9 Å². The molecule has 0 saturated carbocycles. The average Bonchev–Trinajstić information content (AvgIpc) is 2.74. The lowest BCUT2D eigenvalue weighted by Gasteiger charge is -2.46. The van der Waals surface area contributed by atoms with E-state index in [1.54, 1.807) is 30.6 Å². The fraction of sp³-hybridized carbons (Fsp3) is 0.524. The first-order chi connectivity index (χ1) is 14.3. The van der Waals surface area contributed by atoms with E-state index in [0.29, 0.717) is 44.0 Å². The van der Waals surface area contributed by atoms with Crippen molar-refractivity contribution in [2.24, 2.45) is 5.92 Å². The Labute approximate surface area is 176 Å². The van der Waals surface area contributed by atoms with Crippen LogP contribution < -0.4 is 4.90 Å². The topological polar surface area (TPSA) is 86.6 Å². The molecule has 9 heteroatoms. The molecule has 162 valence electrons. The number of benzene rings is 1. The number of sulfone groups is 1. The van der Waals surface area contributed by atoms with Gasteiger partial charge in [0, 0.05) is 43.5 Å². The summed E-state index contributed by atoms with van der Waals surface area (Å²) in [6.45, 7) is 3.45. The fourth-order valence-corrected chi connectivity index (χ4v) is 5.87. The smallest absolute Gasteiger partial charge is 0.225 e. The maximum absolute atomic E-state index is 14.7. The Bertz CT molecular complexity index is 972. The summed E-state index contributed by atoms with van der Waals surface area (Å²) < 4.78 is 38.3. The molecule has 1 aromatic carbocycles. The van der Waals surface area contributed by atoms with Crippen LogP contribution in [0.5, 0.6) is 0 Å². The SMILES string of the molecule is Cc1cnc(N2CCN(C(O)C3CCS(=O)(=O)CC3)C(c3ccccc3F)C2)nc1. The lowest BCUT2D eigenvalue weighted by molar-refractivity contribution is -0.0720. The van der Waals surface area contributed by atoms with E-state index < -0.39 is 22.1 Å². The Morgan fingerprint density at radius 3 is 2.47 bits per heavy atom. The van der Waals surface area contributed by atoms with Gasteiger partial charge < -0.3 is 10.0 Å². The van der Waals surface area contributed by atoms with Crippen LogP contribution in [0.3, 0.4) is 0 Å². The highest BCUT2D eigenvalue weighted by Gasteiger charge is 2.39. The van der Waals surface area contributed by atoms with Gasteiger partial charge in [0.15, 0.2) is 0 Å². The van der Waals surface area contributed by atoms with Crippen molar-refractivity contribution in [1.82, 2.24) is 14.9 Å². The van der Waals surface area contributed by atoms with E-state index in [4.69, 9.17) is 0 Å². The molecular formula is C21H27FN4O3S. The second-order valence-electron chi connectivity index (χ2n) is 8.18. The summed E-state index contributed by atoms with van der Waals surface area (Å²) in [6, 6.07) is 6.21. The number of hydrogen-bond acceptors (Lipinski definition) is 7. The minimum atomic E-state index is -3.02. The maximum atomic E-state index is 14.7. The number of aliphatic hydroxyl groups excluding tert-OH is 1. The number of rotatable bonds is 4. The summed E-state index contributed by atoms with van der Waals surface area (Å²) >= 11 is 0. The molecule has 30 heavy (non-hydrogen) atoms. The van der Waals surface area contributed by atoms with Crippen molar-refractivity contribution < 1.29 is 17.9 Å². The van der Waals surface area contributed by atoms with Crippen molar-refractivity contribution in [1.29, 1.82) is 0 Å². The van der Waals surface area contributed by atoms with E-state index in [1.807, 2.05) is 16.7 Å². The molecule has 0 spiro atoms. The van der Waals surface area contributed by atoms with Crippen LogP contribution in [-0.2, 0) is 9.84 Å². The zero-order valence-corrected chi connectivity index (χ0v) is 17.8. The molecule has 2 aromatic rings. The standard InChI is InChI=1S/C21H27FN4O3S/c1-15-12-23-21(24-13-15)25-8-9-26(19(14-25)17-4-2-3-5-18(17)22)20(27)16-6-10-30(28,29)11-7-16/h2-5,12-13,16,19-20,27H,6-11,14H2,1H3. The molecule has 0 aliphatic carbocycles. The van der Waals surface area contributed by atoms with Crippen LogP contribution in [0.4, 0.5) is 10.3 Å². The second kappa shape index (κ2) is 8.56. The predicted octanol–water partition coefficient (Wildman–Crippen LogP) is 1.93. The molecule has 0 amide bonds. The quantitative estimate of drug-likeness (QED) is 0.787. The molecule has 4 rings (SSSR count). The molecule has 0 bridgehead atoms. The highest BCUT2D eigenvalue weighted by molar-refractivity contribution is 7.91. The third-order valence-electron chi connectivity index (χ3n) is 6.10. The minimum absolute atomic E-state index is 0.0935. The Kier molecular flexibility index (Phi) is 6.04. The van der Waals surface area contributed by atoms with E-state index in [0.717, 1.165) is 5.56 Å². The first-order valence-corrected chi connectivity index (χ1v) is 12.1. The van der Waals surface area contributed by atoms with Crippen LogP contribution >= 0.6 is 0 Å². The van der Waals surface area contributed by atoms with E-state index >= 15 is 0 Å². The van der Waals surface area contributed by atoms with Crippen LogP contribution in [0.25, 0.3) is 0 Å². The van der Waals surface area contributed by atoms with Crippen molar-refractivity contribution >= 4 is 15.8 Å². The predicted molar refractivity (Wildman–Crippen MR) is 112 cm³/mol. The van der Waals surface area contributed by atoms with Gasteiger partial charge in [-0.3, -0.25) is 4.90 Å². The Balaban J connectivity index is 1.59. The van der Waals surface area contributed by atoms with Gasteiger partial charge in [-0.05, 0) is 31.4 Å². The van der Waals surface area contributed by atoms with E-state index in [1.165, 1.54) is 6.07 Å². The van der Waals surface area contributed by atoms with Crippen LogP contribution in [0.2, 0.25) is 0 Å². The van der Waals surface area contributed by atoms with Gasteiger partial charge in [-0.15, -0.1) is 0 Å². The normalized spacial score (nSPS) is 24.0. The monoisotopic (exact) mass is 434 g/mol. The molecule has 3 heterocycles. The summed E-state index contributed by atoms with van der Waals surface area (Å²) in [7, 11) is -3.02. The molecule has 1 aromatic heterocycles. The van der Waals surface area contributed by atoms with Gasteiger partial charge in [-0.25, -0.2) is 22.8 Å². The first-order valence-electron chi connectivity index (χ1n) is 10.3. The van der Waals surface area contributed by atoms with Crippen molar-refractivity contribution in [2.75, 3.05) is 36.0 Å². The molecule has 2 aliphatic heterocycles. The zero-order chi connectivity index (χ0) is 21.3. The summed E-state index contributed by atoms with van der Waals surface area (Å²) in [5, 5.41) is 11.1. The van der Waals surface area contributed by atoms with Gasteiger partial charge in [-0.2, -0.15) is 0 Å². The second-order valence-corrected chi connectivity index (χ2v) is 10.5. The summed E-state index contributed by atoms with van der Waals surface area (Å²) in [5.74, 6) is 0.300. The molecule has 2 saturated heterocycles. The van der Waals surface area contributed by atoms with Gasteiger partial charge in [0.1, 0.15) is 21.9 Å². The Morgan fingerprint density at radius 1 is 1.13 bits per heavy atom. The number of aliphatic hydroxyl groups is 1. The highest BCUT2D eigenvalue weighted by Crippen LogP contribution is 2.34. The Morgan fingerprint density at radius 2 is 1.80 bits per heavy atom. The fourth-order valence-electron chi connectivity index (χ4n) is 4.34. The minimum Gasteiger partial charge on any atom is -0.378 e. The van der Waals surface area contributed by atoms with Gasteiger partial charge in [0.2, 0.25) is 5.95 Å². The molecule has 0 radical (unpaired) electrons. The van der Waals surface area contributed by atoms with Crippen LogP contribution in [-0.4, -0.2) is 65.8 Å². The Hall–Kier alpha value is -2.10. The molecule has 7 nitrogen and oxygen atoms in total. The number of halogens is 1. The molecular weight excluding hydrogens is 407 g/mol. The molecule has 1 N–H and O–H groups in total. The third-order valence-corrected chi connectivity index (χ3v) is 7.81. The zero-order valence-electron chi connectivity index (χ0n) is 17.0. The van der Waals surface area contributed by atoms with Crippen molar-refractivity contribution in [3.8, 4) is 0 Å².